The summed E-state index contributed by atoms with van der Waals surface area (Å²) < 4.78 is 21.2. The number of oxazole rings is 1. The maximum Gasteiger partial charge on any atom is 0.278 e. The van der Waals surface area contributed by atoms with Gasteiger partial charge in [0.1, 0.15) is 29.3 Å². The number of aromatic nitrogens is 4. The molecule has 196 valence electrons. The average molecular weight is 515 g/mol. The van der Waals surface area contributed by atoms with Gasteiger partial charge in [0.25, 0.3) is 5.91 Å². The second-order valence-corrected chi connectivity index (χ2v) is 10.6. The number of imidazole rings is 1. The lowest BCUT2D eigenvalue weighted by molar-refractivity contribution is 0.102. The second kappa shape index (κ2) is 9.79. The number of halogens is 1. The number of nitrogens with zero attached hydrogens (tertiary/aromatic N) is 5. The number of carbonyl (C=O) groups is 1. The van der Waals surface area contributed by atoms with E-state index in [0.717, 1.165) is 18.4 Å². The number of pyridine rings is 1. The molecule has 3 aromatic heterocycles. The molecule has 0 saturated carbocycles. The number of hydrogen-bond donors (Lipinski definition) is 1. The minimum absolute atomic E-state index is 0.0679. The molecule has 1 amide bonds. The summed E-state index contributed by atoms with van der Waals surface area (Å²) in [5.41, 5.74) is 3.32. The maximum atomic E-state index is 13.5. The van der Waals surface area contributed by atoms with E-state index in [2.05, 4.69) is 38.3 Å². The Kier molecular flexibility index (Phi) is 6.31. The van der Waals surface area contributed by atoms with Crippen molar-refractivity contribution < 1.29 is 13.6 Å². The van der Waals surface area contributed by atoms with Gasteiger partial charge in [0.15, 0.2) is 5.69 Å². The van der Waals surface area contributed by atoms with E-state index < -0.39 is 5.91 Å². The molecule has 4 aromatic rings. The molecule has 1 aromatic carbocycles. The van der Waals surface area contributed by atoms with Gasteiger partial charge in [0, 0.05) is 29.9 Å². The van der Waals surface area contributed by atoms with Gasteiger partial charge in [0.05, 0.1) is 6.33 Å². The quantitative estimate of drug-likeness (QED) is 0.344. The molecule has 8 nitrogen and oxygen atoms in total. The van der Waals surface area contributed by atoms with Crippen LogP contribution in [0, 0.1) is 5.82 Å². The molecule has 1 unspecified atom stereocenters. The van der Waals surface area contributed by atoms with Gasteiger partial charge in [-0.3, -0.25) is 4.79 Å². The Bertz CT molecular complexity index is 1430. The summed E-state index contributed by atoms with van der Waals surface area (Å²) in [5, 5.41) is 2.83. The van der Waals surface area contributed by atoms with E-state index >= 15 is 0 Å². The van der Waals surface area contributed by atoms with E-state index in [1.54, 1.807) is 18.5 Å². The van der Waals surface area contributed by atoms with Gasteiger partial charge < -0.3 is 19.2 Å². The number of nitrogens with one attached hydrogen (secondary N) is 1. The molecule has 3 atom stereocenters. The fourth-order valence-corrected chi connectivity index (χ4v) is 5.85. The Morgan fingerprint density at radius 1 is 1.08 bits per heavy atom. The first-order valence-electron chi connectivity index (χ1n) is 13.1. The highest BCUT2D eigenvalue weighted by molar-refractivity contribution is 6.02. The molecule has 0 radical (unpaired) electrons. The van der Waals surface area contributed by atoms with Gasteiger partial charge in [-0.1, -0.05) is 6.07 Å². The summed E-state index contributed by atoms with van der Waals surface area (Å²) in [6, 6.07) is 11.4. The summed E-state index contributed by atoms with van der Waals surface area (Å²) in [4.78, 5) is 29.0. The highest BCUT2D eigenvalue weighted by Gasteiger charge is 2.38. The molecular weight excluding hydrogens is 483 g/mol. The zero-order chi connectivity index (χ0) is 26.4. The number of anilines is 1. The summed E-state index contributed by atoms with van der Waals surface area (Å²) in [6.45, 7) is 4.03. The fraction of sp³-hybridized carbons (Fsp3) is 0.379. The highest BCUT2D eigenvalue weighted by Crippen LogP contribution is 2.42. The molecule has 2 fully saturated rings. The lowest BCUT2D eigenvalue weighted by atomic mass is 9.86. The second-order valence-electron chi connectivity index (χ2n) is 10.6. The third kappa shape index (κ3) is 4.51. The van der Waals surface area contributed by atoms with Crippen molar-refractivity contribution in [1.29, 1.82) is 0 Å². The zero-order valence-corrected chi connectivity index (χ0v) is 21.8. The molecule has 2 aliphatic heterocycles. The van der Waals surface area contributed by atoms with Crippen LogP contribution in [0.15, 0.2) is 59.6 Å². The topological polar surface area (TPSA) is 89.1 Å². The molecule has 0 spiro atoms. The van der Waals surface area contributed by atoms with E-state index in [9.17, 15) is 9.18 Å². The number of hydrogen-bond acceptors (Lipinski definition) is 6. The molecule has 2 saturated heterocycles. The third-order valence-electron chi connectivity index (χ3n) is 8.00. The van der Waals surface area contributed by atoms with Crippen molar-refractivity contribution in [2.45, 2.75) is 63.6 Å². The maximum absolute atomic E-state index is 13.5. The monoisotopic (exact) mass is 514 g/mol. The van der Waals surface area contributed by atoms with Crippen LogP contribution >= 0.6 is 0 Å². The van der Waals surface area contributed by atoms with Crippen molar-refractivity contribution in [3.63, 3.8) is 0 Å². The van der Waals surface area contributed by atoms with Crippen LogP contribution in [-0.4, -0.2) is 49.5 Å². The fourth-order valence-electron chi connectivity index (χ4n) is 5.85. The van der Waals surface area contributed by atoms with Gasteiger partial charge >= 0.3 is 0 Å². The van der Waals surface area contributed by atoms with Crippen LogP contribution in [0.2, 0.25) is 0 Å². The van der Waals surface area contributed by atoms with Crippen molar-refractivity contribution in [3.05, 3.63) is 72.3 Å². The van der Waals surface area contributed by atoms with E-state index in [1.807, 2.05) is 30.7 Å². The predicted molar refractivity (Wildman–Crippen MR) is 142 cm³/mol. The van der Waals surface area contributed by atoms with Gasteiger partial charge in [-0.15, -0.1) is 0 Å². The molecule has 2 bridgehead atoms. The Morgan fingerprint density at radius 2 is 1.82 bits per heavy atom. The zero-order valence-electron chi connectivity index (χ0n) is 21.8. The number of fused-ring (bicyclic) bond motifs is 2. The Balaban J connectivity index is 1.19. The van der Waals surface area contributed by atoms with Crippen LogP contribution in [0.3, 0.4) is 0 Å². The van der Waals surface area contributed by atoms with E-state index in [-0.39, 0.29) is 23.4 Å². The van der Waals surface area contributed by atoms with Crippen LogP contribution in [0.25, 0.3) is 22.8 Å². The summed E-state index contributed by atoms with van der Waals surface area (Å²) >= 11 is 0. The minimum atomic E-state index is -0.406. The van der Waals surface area contributed by atoms with Crippen molar-refractivity contribution in [3.8, 4) is 22.8 Å². The standard InChI is InChI=1S/C29H31FN6O2/c1-17(2)36-16-32-26(18-4-7-21(30)8-5-18)27(36)29-33-24(15-38-29)28(37)34-25-11-6-19(14-31-25)20-12-22-9-10-23(13-20)35(22)3/h4-8,11,14-17,20,22-23H,9-10,12-13H2,1-3H3,(H,31,34,37)/t20?,22-,23+. The highest BCUT2D eigenvalue weighted by atomic mass is 19.1. The predicted octanol–water partition coefficient (Wildman–Crippen LogP) is 5.91. The molecule has 2 aliphatic rings. The van der Waals surface area contributed by atoms with E-state index in [1.165, 1.54) is 36.8 Å². The third-order valence-corrected chi connectivity index (χ3v) is 8.00. The van der Waals surface area contributed by atoms with Gasteiger partial charge in [-0.2, -0.15) is 0 Å². The normalized spacial score (nSPS) is 21.2. The number of benzene rings is 1. The molecule has 9 heteroatoms. The van der Waals surface area contributed by atoms with Gasteiger partial charge in [-0.05, 0) is 88.4 Å². The average Bonchev–Trinajstić information content (AvgIpc) is 3.61. The smallest absolute Gasteiger partial charge is 0.278 e. The molecule has 5 heterocycles. The van der Waals surface area contributed by atoms with Crippen molar-refractivity contribution in [2.75, 3.05) is 12.4 Å². The lowest BCUT2D eigenvalue weighted by Crippen LogP contribution is -2.39. The largest absolute Gasteiger partial charge is 0.442 e. The van der Waals surface area contributed by atoms with Crippen LogP contribution in [0.4, 0.5) is 10.2 Å². The van der Waals surface area contributed by atoms with Crippen LogP contribution in [0.1, 0.15) is 67.5 Å². The van der Waals surface area contributed by atoms with Crippen molar-refractivity contribution >= 4 is 11.7 Å². The van der Waals surface area contributed by atoms with E-state index in [0.29, 0.717) is 35.2 Å². The van der Waals surface area contributed by atoms with E-state index in [4.69, 9.17) is 4.42 Å². The molecule has 6 rings (SSSR count). The van der Waals surface area contributed by atoms with Crippen molar-refractivity contribution in [1.82, 2.24) is 24.4 Å². The summed E-state index contributed by atoms with van der Waals surface area (Å²) in [5.74, 6) is 0.518. The van der Waals surface area contributed by atoms with Gasteiger partial charge in [-0.25, -0.2) is 19.3 Å². The van der Waals surface area contributed by atoms with Crippen LogP contribution < -0.4 is 5.32 Å². The van der Waals surface area contributed by atoms with Crippen molar-refractivity contribution in [2.24, 2.45) is 0 Å². The first kappa shape index (κ1) is 24.5. The first-order valence-corrected chi connectivity index (χ1v) is 13.1. The Labute approximate surface area is 220 Å². The Morgan fingerprint density at radius 3 is 2.47 bits per heavy atom. The molecule has 0 aliphatic carbocycles. The number of amides is 1. The van der Waals surface area contributed by atoms with Crippen LogP contribution in [0.5, 0.6) is 0 Å². The van der Waals surface area contributed by atoms with Gasteiger partial charge in [0.2, 0.25) is 5.89 Å². The van der Waals surface area contributed by atoms with Crippen LogP contribution in [-0.2, 0) is 0 Å². The minimum Gasteiger partial charge on any atom is -0.442 e. The Hall–Kier alpha value is -3.85. The SMILES string of the molecule is CC(C)n1cnc(-c2ccc(F)cc2)c1-c1nc(C(=O)Nc2ccc(C3C[C@H]4CC[C@@H](C3)N4C)cn2)co1. The number of carbonyl (C=O) groups excluding carboxylic acids is 1. The molecular formula is C29H31FN6O2. The molecule has 1 N–H and O–H groups in total. The summed E-state index contributed by atoms with van der Waals surface area (Å²) in [6.07, 6.45) is 9.80. The molecule has 38 heavy (non-hydrogen) atoms. The lowest BCUT2D eigenvalue weighted by Gasteiger charge is -2.36. The summed E-state index contributed by atoms with van der Waals surface area (Å²) in [7, 11) is 2.24. The number of rotatable bonds is 6. The number of piperidine rings is 1. The first-order chi connectivity index (χ1) is 18.4.